The molecular formula is C15H23N5O. The fourth-order valence-electron chi connectivity index (χ4n) is 2.61. The van der Waals surface area contributed by atoms with Gasteiger partial charge in [0.2, 0.25) is 0 Å². The third kappa shape index (κ3) is 3.39. The summed E-state index contributed by atoms with van der Waals surface area (Å²) in [6, 6.07) is 6.54. The Bertz CT molecular complexity index is 597. The number of pyridine rings is 1. The predicted molar refractivity (Wildman–Crippen MR) is 86.1 cm³/mol. The highest BCUT2D eigenvalue weighted by atomic mass is 16.3. The largest absolute Gasteiger partial charge is 0.365 e. The molecule has 0 atom stereocenters. The number of fused-ring (bicyclic) bond motifs is 1. The third-order valence-electron chi connectivity index (χ3n) is 3.59. The van der Waals surface area contributed by atoms with Gasteiger partial charge in [0.15, 0.2) is 11.5 Å². The van der Waals surface area contributed by atoms with Gasteiger partial charge in [0, 0.05) is 31.4 Å². The average molecular weight is 289 g/mol. The van der Waals surface area contributed by atoms with Crippen molar-refractivity contribution in [2.24, 2.45) is 5.18 Å². The smallest absolute Gasteiger partial charge is 0.178 e. The minimum atomic E-state index is 0.372. The molecule has 2 aromatic heterocycles. The quantitative estimate of drug-likeness (QED) is 0.795. The second kappa shape index (κ2) is 6.67. The molecule has 2 heterocycles. The molecule has 0 aliphatic rings. The summed E-state index contributed by atoms with van der Waals surface area (Å²) in [5, 5.41) is 10.7. The van der Waals surface area contributed by atoms with E-state index in [0.29, 0.717) is 23.6 Å². The van der Waals surface area contributed by atoms with E-state index in [-0.39, 0.29) is 0 Å². The average Bonchev–Trinajstić information content (AvgIpc) is 2.80. The highest BCUT2D eigenvalue weighted by Crippen LogP contribution is 2.28. The lowest BCUT2D eigenvalue weighted by atomic mass is 10.2. The molecule has 0 unspecified atom stereocenters. The maximum Gasteiger partial charge on any atom is 0.178 e. The summed E-state index contributed by atoms with van der Waals surface area (Å²) in [5.74, 6) is 0.545. The first-order valence-electron chi connectivity index (χ1n) is 7.35. The van der Waals surface area contributed by atoms with E-state index in [2.05, 4.69) is 48.2 Å². The van der Waals surface area contributed by atoms with Crippen molar-refractivity contribution < 1.29 is 0 Å². The van der Waals surface area contributed by atoms with Crippen LogP contribution < -0.4 is 5.32 Å². The normalized spacial score (nSPS) is 11.8. The van der Waals surface area contributed by atoms with Crippen LogP contribution in [0.2, 0.25) is 0 Å². The van der Waals surface area contributed by atoms with E-state index in [0.717, 1.165) is 18.6 Å². The summed E-state index contributed by atoms with van der Waals surface area (Å²) in [4.78, 5) is 13.4. The van der Waals surface area contributed by atoms with Gasteiger partial charge >= 0.3 is 0 Å². The molecule has 0 radical (unpaired) electrons. The lowest BCUT2D eigenvalue weighted by Crippen LogP contribution is -2.40. The van der Waals surface area contributed by atoms with Crippen LogP contribution in [0.25, 0.3) is 5.52 Å². The SMILES string of the molecule is CC(C)N(CCNc1nn2ccccc2c1N=O)C(C)C. The van der Waals surface area contributed by atoms with Crippen molar-refractivity contribution in [1.29, 1.82) is 0 Å². The zero-order valence-electron chi connectivity index (χ0n) is 13.1. The van der Waals surface area contributed by atoms with Gasteiger partial charge in [-0.3, -0.25) is 4.90 Å². The topological polar surface area (TPSA) is 62.0 Å². The van der Waals surface area contributed by atoms with Crippen molar-refractivity contribution in [3.63, 3.8) is 0 Å². The van der Waals surface area contributed by atoms with E-state index in [4.69, 9.17) is 0 Å². The Kier molecular flexibility index (Phi) is 4.90. The molecule has 6 heteroatoms. The number of nitrogens with zero attached hydrogens (tertiary/aromatic N) is 4. The van der Waals surface area contributed by atoms with Crippen molar-refractivity contribution >= 4 is 17.0 Å². The van der Waals surface area contributed by atoms with E-state index in [9.17, 15) is 4.91 Å². The van der Waals surface area contributed by atoms with Crippen molar-refractivity contribution in [2.75, 3.05) is 18.4 Å². The molecule has 0 bridgehead atoms. The fourth-order valence-corrected chi connectivity index (χ4v) is 2.61. The van der Waals surface area contributed by atoms with Crippen LogP contribution in [0.1, 0.15) is 27.7 Å². The number of aromatic nitrogens is 2. The maximum absolute atomic E-state index is 11.1. The van der Waals surface area contributed by atoms with Gasteiger partial charge in [0.05, 0.1) is 5.52 Å². The van der Waals surface area contributed by atoms with Crippen LogP contribution in [0.15, 0.2) is 29.6 Å². The molecule has 0 amide bonds. The van der Waals surface area contributed by atoms with E-state index < -0.39 is 0 Å². The highest BCUT2D eigenvalue weighted by molar-refractivity contribution is 5.79. The van der Waals surface area contributed by atoms with E-state index in [1.165, 1.54) is 0 Å². The Balaban J connectivity index is 2.08. The van der Waals surface area contributed by atoms with Gasteiger partial charge in [-0.15, -0.1) is 10.0 Å². The van der Waals surface area contributed by atoms with Crippen LogP contribution in [0.5, 0.6) is 0 Å². The minimum Gasteiger partial charge on any atom is -0.365 e. The lowest BCUT2D eigenvalue weighted by molar-refractivity contribution is 0.182. The summed E-state index contributed by atoms with van der Waals surface area (Å²) in [6.45, 7) is 10.4. The summed E-state index contributed by atoms with van der Waals surface area (Å²) in [6.07, 6.45) is 1.81. The molecule has 114 valence electrons. The van der Waals surface area contributed by atoms with Crippen molar-refractivity contribution in [1.82, 2.24) is 14.5 Å². The minimum absolute atomic E-state index is 0.372. The molecule has 2 aromatic rings. The van der Waals surface area contributed by atoms with Crippen LogP contribution >= 0.6 is 0 Å². The molecule has 0 aromatic carbocycles. The van der Waals surface area contributed by atoms with Gasteiger partial charge in [-0.1, -0.05) is 6.07 Å². The van der Waals surface area contributed by atoms with Crippen LogP contribution in [0, 0.1) is 4.91 Å². The van der Waals surface area contributed by atoms with Gasteiger partial charge in [0.25, 0.3) is 0 Å². The maximum atomic E-state index is 11.1. The van der Waals surface area contributed by atoms with Gasteiger partial charge in [-0.2, -0.15) is 0 Å². The van der Waals surface area contributed by atoms with Crippen molar-refractivity contribution in [3.8, 4) is 0 Å². The first-order chi connectivity index (χ1) is 10.0. The predicted octanol–water partition coefficient (Wildman–Crippen LogP) is 3.26. The van der Waals surface area contributed by atoms with E-state index in [1.807, 2.05) is 24.4 Å². The number of nitrogens with one attached hydrogen (secondary N) is 1. The van der Waals surface area contributed by atoms with Crippen molar-refractivity contribution in [3.05, 3.63) is 29.3 Å². The Hall–Kier alpha value is -1.95. The molecule has 6 nitrogen and oxygen atoms in total. The number of hydrogen-bond donors (Lipinski definition) is 1. The first-order valence-corrected chi connectivity index (χ1v) is 7.35. The molecule has 1 N–H and O–H groups in total. The van der Waals surface area contributed by atoms with Crippen LogP contribution in [-0.2, 0) is 0 Å². The molecule has 21 heavy (non-hydrogen) atoms. The summed E-state index contributed by atoms with van der Waals surface area (Å²) >= 11 is 0. The summed E-state index contributed by atoms with van der Waals surface area (Å²) in [7, 11) is 0. The second-order valence-corrected chi connectivity index (χ2v) is 5.67. The van der Waals surface area contributed by atoms with E-state index in [1.54, 1.807) is 4.52 Å². The molecule has 2 rings (SSSR count). The van der Waals surface area contributed by atoms with Crippen LogP contribution in [0.3, 0.4) is 0 Å². The molecule has 0 fully saturated rings. The Morgan fingerprint density at radius 2 is 2.00 bits per heavy atom. The standard InChI is InChI=1S/C15H23N5O/c1-11(2)19(12(3)4)10-8-16-15-14(18-21)13-7-5-6-9-20(13)17-15/h5-7,9,11-12H,8,10H2,1-4H3,(H,16,17). The Labute approximate surface area is 125 Å². The summed E-state index contributed by atoms with van der Waals surface area (Å²) < 4.78 is 1.67. The second-order valence-electron chi connectivity index (χ2n) is 5.67. The lowest BCUT2D eigenvalue weighted by Gasteiger charge is -2.30. The Morgan fingerprint density at radius 1 is 1.29 bits per heavy atom. The van der Waals surface area contributed by atoms with E-state index >= 15 is 0 Å². The van der Waals surface area contributed by atoms with Crippen molar-refractivity contribution in [2.45, 2.75) is 39.8 Å². The molecule has 0 spiro atoms. The van der Waals surface area contributed by atoms with Gasteiger partial charge in [0.1, 0.15) is 0 Å². The van der Waals surface area contributed by atoms with Crippen LogP contribution in [-0.4, -0.2) is 39.7 Å². The van der Waals surface area contributed by atoms with Crippen LogP contribution in [0.4, 0.5) is 11.5 Å². The van der Waals surface area contributed by atoms with Gasteiger partial charge in [-0.05, 0) is 45.0 Å². The van der Waals surface area contributed by atoms with Gasteiger partial charge in [-0.25, -0.2) is 4.52 Å². The zero-order chi connectivity index (χ0) is 15.4. The first kappa shape index (κ1) is 15.4. The highest BCUT2D eigenvalue weighted by Gasteiger charge is 2.15. The molecular weight excluding hydrogens is 266 g/mol. The third-order valence-corrected chi connectivity index (χ3v) is 3.59. The van der Waals surface area contributed by atoms with Gasteiger partial charge < -0.3 is 5.32 Å². The monoisotopic (exact) mass is 289 g/mol. The molecule has 0 saturated heterocycles. The molecule has 0 aliphatic carbocycles. The Morgan fingerprint density at radius 3 is 2.62 bits per heavy atom. The number of hydrogen-bond acceptors (Lipinski definition) is 5. The molecule has 0 saturated carbocycles. The molecule has 0 aliphatic heterocycles. The fraction of sp³-hybridized carbons (Fsp3) is 0.533. The number of rotatable bonds is 7. The number of anilines is 1. The zero-order valence-corrected chi connectivity index (χ0v) is 13.1. The number of nitroso groups, excluding NO2 is 1. The summed E-state index contributed by atoms with van der Waals surface area (Å²) in [5.41, 5.74) is 1.09.